The van der Waals surface area contributed by atoms with Crippen LogP contribution in [0.3, 0.4) is 0 Å². The quantitative estimate of drug-likeness (QED) is 0.437. The molecule has 0 saturated carbocycles. The fourth-order valence-electron chi connectivity index (χ4n) is 0.754. The number of hydrogen-bond donors (Lipinski definition) is 0. The first kappa shape index (κ1) is 8.29. The van der Waals surface area contributed by atoms with Crippen molar-refractivity contribution < 1.29 is 0 Å². The number of rotatable bonds is 1. The third-order valence-corrected chi connectivity index (χ3v) is 2.73. The van der Waals surface area contributed by atoms with Gasteiger partial charge in [0.1, 0.15) is 0 Å². The SMILES string of the molecule is C[SiH2]C1=CC=CC1.[LiH]. The van der Waals surface area contributed by atoms with Crippen molar-refractivity contribution in [3.8, 4) is 0 Å². The van der Waals surface area contributed by atoms with E-state index in [1.807, 2.05) is 0 Å². The molecule has 1 aliphatic rings. The zero-order valence-corrected chi connectivity index (χ0v) is 6.06. The molecule has 0 saturated heterocycles. The van der Waals surface area contributed by atoms with Gasteiger partial charge in [-0.1, -0.05) is 30.0 Å². The summed E-state index contributed by atoms with van der Waals surface area (Å²) in [6.07, 6.45) is 7.90. The molecule has 0 amide bonds. The molecule has 0 aromatic heterocycles. The van der Waals surface area contributed by atoms with Crippen LogP contribution in [0.25, 0.3) is 0 Å². The van der Waals surface area contributed by atoms with E-state index in [1.54, 1.807) is 5.20 Å². The Morgan fingerprint density at radius 3 is 2.62 bits per heavy atom. The second-order valence-corrected chi connectivity index (χ2v) is 3.43. The van der Waals surface area contributed by atoms with Crippen LogP contribution in [0.2, 0.25) is 6.55 Å². The van der Waals surface area contributed by atoms with Crippen LogP contribution in [0.1, 0.15) is 6.42 Å². The average molecular weight is 118 g/mol. The molecule has 0 fully saturated rings. The van der Waals surface area contributed by atoms with Crippen LogP contribution >= 0.6 is 0 Å². The Morgan fingerprint density at radius 1 is 1.62 bits per heavy atom. The predicted molar refractivity (Wildman–Crippen MR) is 43.4 cm³/mol. The fourth-order valence-corrected chi connectivity index (χ4v) is 1.58. The van der Waals surface area contributed by atoms with Crippen molar-refractivity contribution in [1.82, 2.24) is 0 Å². The molecule has 0 atom stereocenters. The van der Waals surface area contributed by atoms with Gasteiger partial charge in [-0.3, -0.25) is 0 Å². The molecule has 0 N–H and O–H groups in total. The first-order chi connectivity index (χ1) is 3.43. The van der Waals surface area contributed by atoms with E-state index >= 15 is 0 Å². The molecule has 0 unspecified atom stereocenters. The van der Waals surface area contributed by atoms with Gasteiger partial charge in [0, 0.05) is 9.52 Å². The van der Waals surface area contributed by atoms with Crippen LogP contribution in [-0.4, -0.2) is 28.4 Å². The van der Waals surface area contributed by atoms with Crippen molar-refractivity contribution in [2.45, 2.75) is 13.0 Å². The molecular weight excluding hydrogens is 107 g/mol. The molecule has 0 spiro atoms. The van der Waals surface area contributed by atoms with Crippen molar-refractivity contribution in [2.75, 3.05) is 0 Å². The van der Waals surface area contributed by atoms with E-state index in [-0.39, 0.29) is 28.4 Å². The van der Waals surface area contributed by atoms with E-state index in [4.69, 9.17) is 0 Å². The molecule has 0 radical (unpaired) electrons. The topological polar surface area (TPSA) is 0 Å². The molecule has 40 valence electrons. The van der Waals surface area contributed by atoms with Gasteiger partial charge in [0.15, 0.2) is 0 Å². The molecule has 1 rings (SSSR count). The molecule has 0 nitrogen and oxygen atoms in total. The first-order valence-electron chi connectivity index (χ1n) is 2.78. The van der Waals surface area contributed by atoms with Crippen LogP contribution in [0.15, 0.2) is 23.4 Å². The van der Waals surface area contributed by atoms with Crippen molar-refractivity contribution in [1.29, 1.82) is 0 Å². The molecule has 0 heterocycles. The summed E-state index contributed by atoms with van der Waals surface area (Å²) in [5.41, 5.74) is 0. The van der Waals surface area contributed by atoms with Gasteiger partial charge in [-0.15, -0.1) is 0 Å². The van der Waals surface area contributed by atoms with Gasteiger partial charge < -0.3 is 0 Å². The normalized spacial score (nSPS) is 16.9. The predicted octanol–water partition coefficient (Wildman–Crippen LogP) is 0.399. The first-order valence-corrected chi connectivity index (χ1v) is 4.90. The van der Waals surface area contributed by atoms with Crippen molar-refractivity contribution in [2.24, 2.45) is 0 Å². The molecule has 0 aromatic rings. The van der Waals surface area contributed by atoms with Gasteiger partial charge in [-0.05, 0) is 6.42 Å². The molecule has 0 aromatic carbocycles. The van der Waals surface area contributed by atoms with Gasteiger partial charge in [0.25, 0.3) is 0 Å². The van der Waals surface area contributed by atoms with Gasteiger partial charge >= 0.3 is 18.9 Å². The van der Waals surface area contributed by atoms with Crippen molar-refractivity contribution in [3.63, 3.8) is 0 Å². The second kappa shape index (κ2) is 4.20. The summed E-state index contributed by atoms with van der Waals surface area (Å²) in [6.45, 7) is 2.33. The Hall–Kier alpha value is 0.294. The van der Waals surface area contributed by atoms with E-state index in [0.717, 1.165) is 0 Å². The minimum atomic E-state index is 0. The number of allylic oxidation sites excluding steroid dienone is 4. The van der Waals surface area contributed by atoms with Crippen LogP contribution in [-0.2, 0) is 0 Å². The standard InChI is InChI=1S/C6H10Si.Li.H/c1-7-6-4-2-3-5-6;;/h2-4H,5,7H2,1H3;;. The van der Waals surface area contributed by atoms with E-state index in [0.29, 0.717) is 0 Å². The Balaban J connectivity index is 0.000000490. The Labute approximate surface area is 65.1 Å². The average Bonchev–Trinajstić information content (AvgIpc) is 2.14. The maximum absolute atomic E-state index is 2.33. The third kappa shape index (κ3) is 2.04. The molecule has 0 aliphatic heterocycles. The van der Waals surface area contributed by atoms with Gasteiger partial charge in [0.2, 0.25) is 0 Å². The maximum atomic E-state index is 2.33. The van der Waals surface area contributed by atoms with Gasteiger partial charge in [0.05, 0.1) is 0 Å². The summed E-state index contributed by atoms with van der Waals surface area (Å²) in [4.78, 5) is 0. The summed E-state index contributed by atoms with van der Waals surface area (Å²) in [7, 11) is 0.189. The summed E-state index contributed by atoms with van der Waals surface area (Å²) in [5, 5.41) is 1.69. The van der Waals surface area contributed by atoms with Crippen molar-refractivity contribution in [3.05, 3.63) is 23.4 Å². The van der Waals surface area contributed by atoms with Gasteiger partial charge in [-0.2, -0.15) is 0 Å². The zero-order valence-electron chi connectivity index (χ0n) is 4.65. The Bertz CT molecular complexity index is 116. The van der Waals surface area contributed by atoms with E-state index in [9.17, 15) is 0 Å². The summed E-state index contributed by atoms with van der Waals surface area (Å²) in [5.74, 6) is 0. The molecule has 2 heteroatoms. The minimum absolute atomic E-state index is 0. The molecule has 0 bridgehead atoms. The van der Waals surface area contributed by atoms with Crippen LogP contribution < -0.4 is 0 Å². The van der Waals surface area contributed by atoms with E-state index < -0.39 is 0 Å². The summed E-state index contributed by atoms with van der Waals surface area (Å²) < 4.78 is 0. The van der Waals surface area contributed by atoms with Crippen LogP contribution in [0.4, 0.5) is 0 Å². The molecule has 8 heavy (non-hydrogen) atoms. The Morgan fingerprint density at radius 2 is 2.38 bits per heavy atom. The zero-order chi connectivity index (χ0) is 5.11. The summed E-state index contributed by atoms with van der Waals surface area (Å²) in [6, 6.07) is 0. The third-order valence-electron chi connectivity index (χ3n) is 1.30. The van der Waals surface area contributed by atoms with Crippen molar-refractivity contribution >= 4 is 28.4 Å². The van der Waals surface area contributed by atoms with Gasteiger partial charge in [-0.25, -0.2) is 0 Å². The second-order valence-electron chi connectivity index (χ2n) is 1.81. The molecular formula is C6H11LiSi. The molecule has 1 aliphatic carbocycles. The van der Waals surface area contributed by atoms with E-state index in [2.05, 4.69) is 24.8 Å². The van der Waals surface area contributed by atoms with E-state index in [1.165, 1.54) is 6.42 Å². The monoisotopic (exact) mass is 118 g/mol. The number of hydrogen-bond acceptors (Lipinski definition) is 0. The Kier molecular flexibility index (Phi) is 4.36. The van der Waals surface area contributed by atoms with Crippen LogP contribution in [0.5, 0.6) is 0 Å². The fraction of sp³-hybridized carbons (Fsp3) is 0.333. The summed E-state index contributed by atoms with van der Waals surface area (Å²) >= 11 is 0. The van der Waals surface area contributed by atoms with Crippen LogP contribution in [0, 0.1) is 0 Å².